The van der Waals surface area contributed by atoms with Gasteiger partial charge in [-0.25, -0.2) is 4.39 Å². The van der Waals surface area contributed by atoms with Crippen molar-refractivity contribution in [3.05, 3.63) is 29.6 Å². The van der Waals surface area contributed by atoms with Gasteiger partial charge >= 0.3 is 0 Å². The third-order valence-electron chi connectivity index (χ3n) is 3.34. The van der Waals surface area contributed by atoms with Crippen LogP contribution in [0.2, 0.25) is 0 Å². The van der Waals surface area contributed by atoms with Crippen molar-refractivity contribution < 1.29 is 13.9 Å². The number of ether oxygens (including phenoxy) is 2. The van der Waals surface area contributed by atoms with Gasteiger partial charge in [-0.15, -0.1) is 0 Å². The van der Waals surface area contributed by atoms with Gasteiger partial charge in [0.15, 0.2) is 0 Å². The molecule has 18 heavy (non-hydrogen) atoms. The highest BCUT2D eigenvalue weighted by Gasteiger charge is 2.18. The lowest BCUT2D eigenvalue weighted by atomic mass is 10.1. The highest BCUT2D eigenvalue weighted by molar-refractivity contribution is 5.36. The summed E-state index contributed by atoms with van der Waals surface area (Å²) in [6, 6.07) is 4.87. The number of benzene rings is 1. The van der Waals surface area contributed by atoms with Crippen LogP contribution in [0.3, 0.4) is 0 Å². The quantitative estimate of drug-likeness (QED) is 0.895. The molecule has 1 aromatic carbocycles. The van der Waals surface area contributed by atoms with Crippen LogP contribution in [0, 0.1) is 5.82 Å². The van der Waals surface area contributed by atoms with E-state index in [1.807, 2.05) is 14.0 Å². The Bertz CT molecular complexity index is 391. The second-order valence-corrected chi connectivity index (χ2v) is 4.62. The number of rotatable bonds is 4. The van der Waals surface area contributed by atoms with Crippen molar-refractivity contribution >= 4 is 0 Å². The van der Waals surface area contributed by atoms with E-state index in [9.17, 15) is 4.39 Å². The van der Waals surface area contributed by atoms with Gasteiger partial charge in [0.2, 0.25) is 0 Å². The molecule has 0 aromatic heterocycles. The zero-order chi connectivity index (χ0) is 13.0. The first-order chi connectivity index (χ1) is 8.70. The van der Waals surface area contributed by atoms with Gasteiger partial charge in [0.25, 0.3) is 0 Å². The zero-order valence-electron chi connectivity index (χ0n) is 10.9. The molecule has 1 unspecified atom stereocenters. The maximum Gasteiger partial charge on any atom is 0.127 e. The van der Waals surface area contributed by atoms with Gasteiger partial charge < -0.3 is 14.8 Å². The number of hydrogen-bond donors (Lipinski definition) is 1. The number of hydrogen-bond acceptors (Lipinski definition) is 3. The van der Waals surface area contributed by atoms with E-state index in [2.05, 4.69) is 5.32 Å². The summed E-state index contributed by atoms with van der Waals surface area (Å²) in [6.07, 6.45) is 1.86. The van der Waals surface area contributed by atoms with Crippen molar-refractivity contribution in [3.8, 4) is 5.75 Å². The monoisotopic (exact) mass is 253 g/mol. The van der Waals surface area contributed by atoms with E-state index in [0.29, 0.717) is 5.75 Å². The summed E-state index contributed by atoms with van der Waals surface area (Å²) < 4.78 is 24.6. The summed E-state index contributed by atoms with van der Waals surface area (Å²) >= 11 is 0. The van der Waals surface area contributed by atoms with Crippen LogP contribution in [0.25, 0.3) is 0 Å². The lowest BCUT2D eigenvalue weighted by molar-refractivity contribution is 0.0249. The predicted octanol–water partition coefficient (Wildman–Crippen LogP) is 2.66. The van der Waals surface area contributed by atoms with Gasteiger partial charge in [0.05, 0.1) is 13.2 Å². The highest BCUT2D eigenvalue weighted by Crippen LogP contribution is 2.28. The van der Waals surface area contributed by atoms with E-state index >= 15 is 0 Å². The van der Waals surface area contributed by atoms with Crippen molar-refractivity contribution in [1.29, 1.82) is 0 Å². The fourth-order valence-corrected chi connectivity index (χ4v) is 2.10. The molecule has 1 N–H and O–H groups in total. The van der Waals surface area contributed by atoms with E-state index in [1.54, 1.807) is 6.07 Å². The minimum Gasteiger partial charge on any atom is -0.490 e. The lowest BCUT2D eigenvalue weighted by Gasteiger charge is -2.25. The van der Waals surface area contributed by atoms with E-state index in [1.165, 1.54) is 12.1 Å². The molecule has 1 saturated heterocycles. The van der Waals surface area contributed by atoms with Gasteiger partial charge in [-0.2, -0.15) is 0 Å². The molecule has 1 aliphatic heterocycles. The van der Waals surface area contributed by atoms with Gasteiger partial charge in [0.1, 0.15) is 17.7 Å². The third-order valence-corrected chi connectivity index (χ3v) is 3.34. The molecule has 100 valence electrons. The molecule has 0 aliphatic carbocycles. The Balaban J connectivity index is 2.15. The fraction of sp³-hybridized carbons (Fsp3) is 0.571. The molecule has 0 saturated carbocycles. The van der Waals surface area contributed by atoms with Crippen molar-refractivity contribution in [3.63, 3.8) is 0 Å². The zero-order valence-corrected chi connectivity index (χ0v) is 10.9. The Labute approximate surface area is 107 Å². The molecule has 4 heteroatoms. The summed E-state index contributed by atoms with van der Waals surface area (Å²) in [4.78, 5) is 0. The topological polar surface area (TPSA) is 30.5 Å². The van der Waals surface area contributed by atoms with Crippen molar-refractivity contribution in [2.45, 2.75) is 31.9 Å². The molecule has 1 heterocycles. The normalized spacial score (nSPS) is 18.6. The number of nitrogens with one attached hydrogen (secondary N) is 1. The summed E-state index contributed by atoms with van der Waals surface area (Å²) in [5.74, 6) is 0.382. The molecular weight excluding hydrogens is 233 g/mol. The average molecular weight is 253 g/mol. The van der Waals surface area contributed by atoms with Crippen molar-refractivity contribution in [1.82, 2.24) is 5.32 Å². The molecule has 0 bridgehead atoms. The van der Waals surface area contributed by atoms with Gasteiger partial charge in [-0.3, -0.25) is 0 Å². The molecule has 0 spiro atoms. The minimum atomic E-state index is -0.260. The van der Waals surface area contributed by atoms with Crippen LogP contribution < -0.4 is 10.1 Å². The maximum atomic E-state index is 13.3. The largest absolute Gasteiger partial charge is 0.490 e. The standard InChI is InChI=1S/C14H20FNO2/c1-10(16-2)13-4-3-11(15)9-14(13)18-12-5-7-17-8-6-12/h3-4,9-10,12,16H,5-8H2,1-2H3. The van der Waals surface area contributed by atoms with Crippen LogP contribution in [-0.2, 0) is 4.74 Å². The average Bonchev–Trinajstić information content (AvgIpc) is 2.39. The van der Waals surface area contributed by atoms with Gasteiger partial charge in [0, 0.05) is 30.5 Å². The second kappa shape index (κ2) is 6.16. The second-order valence-electron chi connectivity index (χ2n) is 4.62. The first-order valence-electron chi connectivity index (χ1n) is 6.42. The summed E-state index contributed by atoms with van der Waals surface area (Å²) in [5.41, 5.74) is 0.991. The summed E-state index contributed by atoms with van der Waals surface area (Å²) in [5, 5.41) is 3.15. The van der Waals surface area contributed by atoms with Crippen LogP contribution in [0.4, 0.5) is 4.39 Å². The first kappa shape index (κ1) is 13.3. The molecule has 2 rings (SSSR count). The first-order valence-corrected chi connectivity index (χ1v) is 6.42. The van der Waals surface area contributed by atoms with E-state index in [0.717, 1.165) is 31.6 Å². The Morgan fingerprint density at radius 3 is 2.78 bits per heavy atom. The number of halogens is 1. The van der Waals surface area contributed by atoms with E-state index < -0.39 is 0 Å². The Morgan fingerprint density at radius 1 is 1.39 bits per heavy atom. The van der Waals surface area contributed by atoms with Crippen molar-refractivity contribution in [2.24, 2.45) is 0 Å². The van der Waals surface area contributed by atoms with Gasteiger partial charge in [-0.1, -0.05) is 6.07 Å². The Kier molecular flexibility index (Phi) is 4.55. The highest BCUT2D eigenvalue weighted by atomic mass is 19.1. The maximum absolute atomic E-state index is 13.3. The van der Waals surface area contributed by atoms with Crippen molar-refractivity contribution in [2.75, 3.05) is 20.3 Å². The molecule has 1 aliphatic rings. The summed E-state index contributed by atoms with van der Waals surface area (Å²) in [6.45, 7) is 3.47. The molecule has 0 amide bonds. The third kappa shape index (κ3) is 3.21. The fourth-order valence-electron chi connectivity index (χ4n) is 2.10. The van der Waals surface area contributed by atoms with E-state index in [4.69, 9.17) is 9.47 Å². The molecule has 1 atom stereocenters. The summed E-state index contributed by atoms with van der Waals surface area (Å²) in [7, 11) is 1.88. The molecule has 0 radical (unpaired) electrons. The lowest BCUT2D eigenvalue weighted by Crippen LogP contribution is -2.27. The van der Waals surface area contributed by atoms with E-state index in [-0.39, 0.29) is 18.0 Å². The molecule has 1 aromatic rings. The van der Waals surface area contributed by atoms with Crippen LogP contribution in [0.5, 0.6) is 5.75 Å². The van der Waals surface area contributed by atoms with Crippen LogP contribution >= 0.6 is 0 Å². The predicted molar refractivity (Wildman–Crippen MR) is 68.3 cm³/mol. The SMILES string of the molecule is CNC(C)c1ccc(F)cc1OC1CCOCC1. The smallest absolute Gasteiger partial charge is 0.127 e. The van der Waals surface area contributed by atoms with Crippen LogP contribution in [0.1, 0.15) is 31.4 Å². The Hall–Kier alpha value is -1.13. The minimum absolute atomic E-state index is 0.128. The molecule has 3 nitrogen and oxygen atoms in total. The van der Waals surface area contributed by atoms with Crippen LogP contribution in [0.15, 0.2) is 18.2 Å². The van der Waals surface area contributed by atoms with Gasteiger partial charge in [-0.05, 0) is 20.0 Å². The molecule has 1 fully saturated rings. The molecular formula is C14H20FNO2. The Morgan fingerprint density at radius 2 is 2.11 bits per heavy atom. The van der Waals surface area contributed by atoms with Crippen LogP contribution in [-0.4, -0.2) is 26.4 Å².